The highest BCUT2D eigenvalue weighted by Gasteiger charge is 2.06. The lowest BCUT2D eigenvalue weighted by atomic mass is 10.0. The zero-order chi connectivity index (χ0) is 14.7. The number of aryl methyl sites for hydroxylation is 4. The van der Waals surface area contributed by atoms with Crippen LogP contribution in [0.4, 0.5) is 0 Å². The van der Waals surface area contributed by atoms with Gasteiger partial charge in [-0.15, -0.1) is 0 Å². The third-order valence-corrected chi connectivity index (χ3v) is 3.32. The number of benzene rings is 1. The van der Waals surface area contributed by atoms with Gasteiger partial charge in [-0.1, -0.05) is 24.3 Å². The number of hydrogen-bond acceptors (Lipinski definition) is 3. The second kappa shape index (κ2) is 5.78. The molecule has 0 aliphatic heterocycles. The maximum absolute atomic E-state index is 12.2. The maximum Gasteiger partial charge on any atom is 0.186 e. The van der Waals surface area contributed by atoms with Crippen LogP contribution in [0.3, 0.4) is 0 Å². The molecule has 102 valence electrons. The summed E-state index contributed by atoms with van der Waals surface area (Å²) in [6.07, 6.45) is 3.30. The first-order valence-corrected chi connectivity index (χ1v) is 6.59. The van der Waals surface area contributed by atoms with Crippen LogP contribution in [-0.2, 0) is 0 Å². The summed E-state index contributed by atoms with van der Waals surface area (Å²) in [5.41, 5.74) is 5.09. The fourth-order valence-corrected chi connectivity index (χ4v) is 1.98. The lowest BCUT2D eigenvalue weighted by molar-refractivity contribution is 0.104. The van der Waals surface area contributed by atoms with Gasteiger partial charge in [-0.25, -0.2) is 4.98 Å². The van der Waals surface area contributed by atoms with Crippen molar-refractivity contribution in [3.63, 3.8) is 0 Å². The third-order valence-electron chi connectivity index (χ3n) is 3.32. The molecule has 2 rings (SSSR count). The quantitative estimate of drug-likeness (QED) is 0.629. The van der Waals surface area contributed by atoms with Gasteiger partial charge >= 0.3 is 0 Å². The highest BCUT2D eigenvalue weighted by Crippen LogP contribution is 2.12. The average molecular weight is 266 g/mol. The Morgan fingerprint density at radius 3 is 2.30 bits per heavy atom. The summed E-state index contributed by atoms with van der Waals surface area (Å²) >= 11 is 0. The lowest BCUT2D eigenvalue weighted by Crippen LogP contribution is -2.00. The van der Waals surface area contributed by atoms with Crippen molar-refractivity contribution in [2.45, 2.75) is 27.7 Å². The van der Waals surface area contributed by atoms with E-state index in [2.05, 4.69) is 9.97 Å². The van der Waals surface area contributed by atoms with Crippen LogP contribution in [0.5, 0.6) is 0 Å². The van der Waals surface area contributed by atoms with E-state index in [9.17, 15) is 4.79 Å². The minimum atomic E-state index is -0.0115. The zero-order valence-electron chi connectivity index (χ0n) is 12.3. The van der Waals surface area contributed by atoms with Gasteiger partial charge in [0.1, 0.15) is 0 Å². The molecule has 0 aliphatic carbocycles. The zero-order valence-corrected chi connectivity index (χ0v) is 12.3. The summed E-state index contributed by atoms with van der Waals surface area (Å²) < 4.78 is 0. The Kier molecular flexibility index (Phi) is 4.08. The number of rotatable bonds is 3. The first kappa shape index (κ1) is 14.1. The molecule has 1 aromatic heterocycles. The summed E-state index contributed by atoms with van der Waals surface area (Å²) in [4.78, 5) is 21.0. The van der Waals surface area contributed by atoms with Crippen LogP contribution in [0.1, 0.15) is 38.7 Å². The smallest absolute Gasteiger partial charge is 0.186 e. The molecule has 0 atom stereocenters. The average Bonchev–Trinajstić information content (AvgIpc) is 2.41. The molecular weight excluding hydrogens is 248 g/mol. The first-order chi connectivity index (χ1) is 9.49. The molecule has 2 aromatic rings. The molecule has 0 saturated heterocycles. The molecule has 0 saturated carbocycles. The Balaban J connectivity index is 2.28. The molecule has 0 spiro atoms. The highest BCUT2D eigenvalue weighted by atomic mass is 16.1. The van der Waals surface area contributed by atoms with Crippen LogP contribution in [0.2, 0.25) is 0 Å². The first-order valence-electron chi connectivity index (χ1n) is 6.59. The minimum Gasteiger partial charge on any atom is -0.289 e. The van der Waals surface area contributed by atoms with E-state index in [1.807, 2.05) is 52.0 Å². The van der Waals surface area contributed by atoms with Crippen LogP contribution >= 0.6 is 0 Å². The maximum atomic E-state index is 12.2. The summed E-state index contributed by atoms with van der Waals surface area (Å²) in [6.45, 7) is 7.68. The number of nitrogens with zero attached hydrogens (tertiary/aromatic N) is 2. The number of hydrogen-bond donors (Lipinski definition) is 0. The van der Waals surface area contributed by atoms with Crippen molar-refractivity contribution in [3.8, 4) is 0 Å². The van der Waals surface area contributed by atoms with Crippen LogP contribution in [0, 0.1) is 27.7 Å². The minimum absolute atomic E-state index is 0.0115. The largest absolute Gasteiger partial charge is 0.289 e. The van der Waals surface area contributed by atoms with Crippen molar-refractivity contribution in [1.29, 1.82) is 0 Å². The van der Waals surface area contributed by atoms with Crippen LogP contribution in [0.25, 0.3) is 6.08 Å². The van der Waals surface area contributed by atoms with E-state index in [0.29, 0.717) is 0 Å². The van der Waals surface area contributed by atoms with Gasteiger partial charge in [0.05, 0.1) is 22.8 Å². The topological polar surface area (TPSA) is 42.9 Å². The van der Waals surface area contributed by atoms with Crippen molar-refractivity contribution < 1.29 is 4.79 Å². The van der Waals surface area contributed by atoms with Crippen LogP contribution in [0.15, 0.2) is 30.3 Å². The Hall–Kier alpha value is -2.29. The van der Waals surface area contributed by atoms with Gasteiger partial charge in [0.15, 0.2) is 5.78 Å². The van der Waals surface area contributed by atoms with E-state index in [-0.39, 0.29) is 5.78 Å². The van der Waals surface area contributed by atoms with Gasteiger partial charge in [-0.2, -0.15) is 0 Å². The predicted octanol–water partition coefficient (Wildman–Crippen LogP) is 3.61. The van der Waals surface area contributed by atoms with Gasteiger partial charge in [0, 0.05) is 5.56 Å². The van der Waals surface area contributed by atoms with E-state index < -0.39 is 0 Å². The molecule has 1 heterocycles. The van der Waals surface area contributed by atoms with Crippen molar-refractivity contribution in [2.75, 3.05) is 0 Å². The van der Waals surface area contributed by atoms with Gasteiger partial charge in [0.2, 0.25) is 0 Å². The molecule has 0 bridgehead atoms. The molecular formula is C17H18N2O. The van der Waals surface area contributed by atoms with E-state index in [1.54, 1.807) is 12.2 Å². The molecule has 0 amide bonds. The van der Waals surface area contributed by atoms with E-state index in [4.69, 9.17) is 0 Å². The van der Waals surface area contributed by atoms with Gasteiger partial charge in [-0.3, -0.25) is 9.78 Å². The summed E-state index contributed by atoms with van der Waals surface area (Å²) in [5.74, 6) is -0.0115. The van der Waals surface area contributed by atoms with Gasteiger partial charge in [-0.05, 0) is 45.4 Å². The van der Waals surface area contributed by atoms with E-state index in [1.165, 1.54) is 0 Å². The Morgan fingerprint density at radius 2 is 1.60 bits per heavy atom. The second-order valence-electron chi connectivity index (χ2n) is 4.88. The van der Waals surface area contributed by atoms with E-state index in [0.717, 1.165) is 33.9 Å². The molecule has 0 radical (unpaired) electrons. The Labute approximate surface area is 119 Å². The molecule has 0 unspecified atom stereocenters. The number of allylic oxidation sites excluding steroid dienone is 1. The normalized spacial score (nSPS) is 11.0. The lowest BCUT2D eigenvalue weighted by Gasteiger charge is -2.04. The highest BCUT2D eigenvalue weighted by molar-refractivity contribution is 6.07. The Morgan fingerprint density at radius 1 is 0.950 bits per heavy atom. The number of carbonyl (C=O) groups excluding carboxylic acids is 1. The SMILES string of the molecule is Cc1ccccc1C(=O)/C=C/c1nc(C)c(C)nc1C. The number of carbonyl (C=O) groups is 1. The van der Waals surface area contributed by atoms with Crippen molar-refractivity contribution >= 4 is 11.9 Å². The monoisotopic (exact) mass is 266 g/mol. The number of aromatic nitrogens is 2. The molecule has 0 fully saturated rings. The molecule has 0 N–H and O–H groups in total. The standard InChI is InChI=1S/C17H18N2O/c1-11-7-5-6-8-15(11)17(20)10-9-16-14(4)18-12(2)13(3)19-16/h5-10H,1-4H3/b10-9+. The second-order valence-corrected chi connectivity index (χ2v) is 4.88. The molecule has 0 aliphatic rings. The Bertz CT molecular complexity index is 687. The van der Waals surface area contributed by atoms with Crippen LogP contribution < -0.4 is 0 Å². The van der Waals surface area contributed by atoms with E-state index >= 15 is 0 Å². The van der Waals surface area contributed by atoms with Gasteiger partial charge < -0.3 is 0 Å². The van der Waals surface area contributed by atoms with Crippen molar-refractivity contribution in [1.82, 2.24) is 9.97 Å². The van der Waals surface area contributed by atoms with Crippen LogP contribution in [-0.4, -0.2) is 15.8 Å². The molecule has 20 heavy (non-hydrogen) atoms. The molecule has 3 nitrogen and oxygen atoms in total. The van der Waals surface area contributed by atoms with Gasteiger partial charge in [0.25, 0.3) is 0 Å². The molecule has 1 aromatic carbocycles. The number of ketones is 1. The fourth-order valence-electron chi connectivity index (χ4n) is 1.98. The third kappa shape index (κ3) is 2.99. The summed E-state index contributed by atoms with van der Waals surface area (Å²) in [5, 5.41) is 0. The van der Waals surface area contributed by atoms with Crippen molar-refractivity contribution in [3.05, 3.63) is 64.2 Å². The summed E-state index contributed by atoms with van der Waals surface area (Å²) in [6, 6.07) is 7.56. The predicted molar refractivity (Wildman–Crippen MR) is 80.8 cm³/mol. The fraction of sp³-hybridized carbons (Fsp3) is 0.235. The summed E-state index contributed by atoms with van der Waals surface area (Å²) in [7, 11) is 0. The van der Waals surface area contributed by atoms with Crippen molar-refractivity contribution in [2.24, 2.45) is 0 Å². The molecule has 3 heteroatoms.